The number of fused-ring (bicyclic) bond motifs is 2. The Kier molecular flexibility index (Phi) is 2.95. The van der Waals surface area contributed by atoms with Gasteiger partial charge in [-0.1, -0.05) is 17.7 Å². The first kappa shape index (κ1) is 12.7. The Morgan fingerprint density at radius 3 is 2.75 bits per heavy atom. The first-order valence-corrected chi connectivity index (χ1v) is 6.27. The van der Waals surface area contributed by atoms with Crippen LogP contribution in [0.15, 0.2) is 45.6 Å². The molecule has 1 heterocycles. The van der Waals surface area contributed by atoms with Crippen molar-refractivity contribution in [3.8, 4) is 5.75 Å². The molecule has 0 N–H and O–H groups in total. The van der Waals surface area contributed by atoms with Crippen molar-refractivity contribution >= 4 is 39.5 Å². The van der Waals surface area contributed by atoms with Gasteiger partial charge >= 0.3 is 5.97 Å². The topological polar surface area (TPSA) is 56.5 Å². The summed E-state index contributed by atoms with van der Waals surface area (Å²) in [5.74, 6) is -0.120. The van der Waals surface area contributed by atoms with Crippen molar-refractivity contribution in [3.05, 3.63) is 51.6 Å². The van der Waals surface area contributed by atoms with Crippen LogP contribution in [0.25, 0.3) is 21.9 Å². The van der Waals surface area contributed by atoms with E-state index in [-0.39, 0.29) is 5.43 Å². The third-order valence-electron chi connectivity index (χ3n) is 2.88. The summed E-state index contributed by atoms with van der Waals surface area (Å²) < 4.78 is 10.6. The fourth-order valence-corrected chi connectivity index (χ4v) is 2.26. The maximum Gasteiger partial charge on any atom is 0.308 e. The van der Waals surface area contributed by atoms with Gasteiger partial charge in [-0.05, 0) is 24.3 Å². The van der Waals surface area contributed by atoms with Gasteiger partial charge in [-0.25, -0.2) is 0 Å². The summed E-state index contributed by atoms with van der Waals surface area (Å²) in [7, 11) is 0. The van der Waals surface area contributed by atoms with Crippen LogP contribution in [0, 0.1) is 0 Å². The van der Waals surface area contributed by atoms with Crippen LogP contribution in [0.3, 0.4) is 0 Å². The molecule has 0 aliphatic carbocycles. The normalized spacial score (nSPS) is 10.9. The van der Waals surface area contributed by atoms with Crippen LogP contribution in [-0.4, -0.2) is 5.97 Å². The Balaban J connectivity index is 2.36. The van der Waals surface area contributed by atoms with Gasteiger partial charge in [-0.3, -0.25) is 9.59 Å². The molecule has 4 nitrogen and oxygen atoms in total. The highest BCUT2D eigenvalue weighted by atomic mass is 35.5. The van der Waals surface area contributed by atoms with Gasteiger partial charge in [0, 0.05) is 13.0 Å². The van der Waals surface area contributed by atoms with Crippen LogP contribution in [0.1, 0.15) is 6.92 Å². The van der Waals surface area contributed by atoms with Crippen LogP contribution in [0.4, 0.5) is 0 Å². The molecule has 0 fully saturated rings. The Labute approximate surface area is 118 Å². The van der Waals surface area contributed by atoms with E-state index in [1.807, 2.05) is 0 Å². The van der Waals surface area contributed by atoms with Crippen LogP contribution in [0.2, 0.25) is 5.02 Å². The van der Waals surface area contributed by atoms with Crippen molar-refractivity contribution in [1.29, 1.82) is 0 Å². The average molecular weight is 289 g/mol. The van der Waals surface area contributed by atoms with Crippen LogP contribution >= 0.6 is 11.6 Å². The summed E-state index contributed by atoms with van der Waals surface area (Å²) in [5, 5.41) is 1.19. The van der Waals surface area contributed by atoms with Crippen LogP contribution < -0.4 is 10.2 Å². The summed E-state index contributed by atoms with van der Waals surface area (Å²) in [6.07, 6.45) is 0. The zero-order valence-electron chi connectivity index (χ0n) is 10.5. The number of ether oxygens (including phenoxy) is 1. The van der Waals surface area contributed by atoms with Crippen molar-refractivity contribution < 1.29 is 13.9 Å². The van der Waals surface area contributed by atoms with E-state index < -0.39 is 5.97 Å². The second-order valence-corrected chi connectivity index (χ2v) is 4.71. The number of benzene rings is 2. The predicted octanol–water partition coefficient (Wildman–Crippen LogP) is 3.52. The highest BCUT2D eigenvalue weighted by Crippen LogP contribution is 2.27. The van der Waals surface area contributed by atoms with Gasteiger partial charge in [0.15, 0.2) is 5.58 Å². The summed E-state index contributed by atoms with van der Waals surface area (Å²) >= 11 is 6.04. The number of hydrogen-bond donors (Lipinski definition) is 0. The second kappa shape index (κ2) is 4.65. The van der Waals surface area contributed by atoms with E-state index in [0.717, 1.165) is 0 Å². The van der Waals surface area contributed by atoms with Crippen LogP contribution in [0.5, 0.6) is 5.75 Å². The maximum atomic E-state index is 12.3. The quantitative estimate of drug-likeness (QED) is 0.390. The van der Waals surface area contributed by atoms with Gasteiger partial charge in [0.05, 0.1) is 15.8 Å². The molecule has 0 saturated heterocycles. The molecule has 0 radical (unpaired) electrons. The summed E-state index contributed by atoms with van der Waals surface area (Å²) in [4.78, 5) is 23.3. The largest absolute Gasteiger partial charge is 0.454 e. The molecule has 1 aromatic heterocycles. The lowest BCUT2D eigenvalue weighted by Crippen LogP contribution is -2.04. The minimum absolute atomic E-state index is 0.168. The Bertz CT molecular complexity index is 895. The lowest BCUT2D eigenvalue weighted by Gasteiger charge is -2.05. The SMILES string of the molecule is CC(=O)Oc1ccc2c(=O)c3cccc(Cl)c3oc2c1. The van der Waals surface area contributed by atoms with Crippen LogP contribution in [-0.2, 0) is 4.79 Å². The number of esters is 1. The third-order valence-corrected chi connectivity index (χ3v) is 3.18. The molecule has 2 aromatic carbocycles. The highest BCUT2D eigenvalue weighted by molar-refractivity contribution is 6.34. The number of para-hydroxylation sites is 1. The Morgan fingerprint density at radius 2 is 2.00 bits per heavy atom. The molecule has 0 bridgehead atoms. The molecule has 0 aliphatic rings. The van der Waals surface area contributed by atoms with Crippen molar-refractivity contribution in [2.75, 3.05) is 0 Å². The third kappa shape index (κ3) is 2.04. The molecule has 0 unspecified atom stereocenters. The molecule has 5 heteroatoms. The molecular formula is C15H9ClO4. The van der Waals surface area contributed by atoms with Crippen molar-refractivity contribution in [3.63, 3.8) is 0 Å². The zero-order chi connectivity index (χ0) is 14.3. The first-order chi connectivity index (χ1) is 9.56. The van der Waals surface area contributed by atoms with E-state index in [2.05, 4.69) is 0 Å². The molecule has 3 rings (SSSR count). The van der Waals surface area contributed by atoms with E-state index in [1.165, 1.54) is 13.0 Å². The maximum absolute atomic E-state index is 12.3. The smallest absolute Gasteiger partial charge is 0.308 e. The standard InChI is InChI=1S/C15H9ClO4/c1-8(17)19-9-5-6-10-13(7-9)20-15-11(14(10)18)3-2-4-12(15)16/h2-7H,1H3. The van der Waals surface area contributed by atoms with Gasteiger partial charge in [0.25, 0.3) is 0 Å². The van der Waals surface area contributed by atoms with Gasteiger partial charge in [-0.2, -0.15) is 0 Å². The molecule has 0 spiro atoms. The van der Waals surface area contributed by atoms with Gasteiger partial charge in [0.1, 0.15) is 11.3 Å². The summed E-state index contributed by atoms with van der Waals surface area (Å²) in [6, 6.07) is 9.62. The molecule has 0 amide bonds. The molecule has 3 aromatic rings. The molecule has 100 valence electrons. The van der Waals surface area contributed by atoms with E-state index in [9.17, 15) is 9.59 Å². The van der Waals surface area contributed by atoms with Gasteiger partial charge in [-0.15, -0.1) is 0 Å². The second-order valence-electron chi connectivity index (χ2n) is 4.30. The lowest BCUT2D eigenvalue weighted by molar-refractivity contribution is -0.131. The lowest BCUT2D eigenvalue weighted by atomic mass is 10.1. The summed E-state index contributed by atoms with van der Waals surface area (Å²) in [6.45, 7) is 1.30. The van der Waals surface area contributed by atoms with E-state index in [0.29, 0.717) is 32.7 Å². The molecule has 0 aliphatic heterocycles. The Morgan fingerprint density at radius 1 is 1.20 bits per heavy atom. The molecule has 20 heavy (non-hydrogen) atoms. The van der Waals surface area contributed by atoms with E-state index >= 15 is 0 Å². The highest BCUT2D eigenvalue weighted by Gasteiger charge is 2.11. The number of rotatable bonds is 1. The summed E-state index contributed by atoms with van der Waals surface area (Å²) in [5.41, 5.74) is 0.485. The molecular weight excluding hydrogens is 280 g/mol. The average Bonchev–Trinajstić information content (AvgIpc) is 2.39. The minimum Gasteiger partial charge on any atom is -0.454 e. The number of hydrogen-bond acceptors (Lipinski definition) is 4. The number of carbonyl (C=O) groups is 1. The van der Waals surface area contributed by atoms with E-state index in [4.69, 9.17) is 20.8 Å². The molecule has 0 saturated carbocycles. The number of halogens is 1. The minimum atomic E-state index is -0.439. The number of carbonyl (C=O) groups excluding carboxylic acids is 1. The first-order valence-electron chi connectivity index (χ1n) is 5.90. The Hall–Kier alpha value is -2.33. The fraction of sp³-hybridized carbons (Fsp3) is 0.0667. The van der Waals surface area contributed by atoms with Crippen molar-refractivity contribution in [2.45, 2.75) is 6.92 Å². The van der Waals surface area contributed by atoms with Gasteiger partial charge in [0.2, 0.25) is 5.43 Å². The monoisotopic (exact) mass is 288 g/mol. The predicted molar refractivity (Wildman–Crippen MR) is 76.3 cm³/mol. The van der Waals surface area contributed by atoms with Crippen molar-refractivity contribution in [1.82, 2.24) is 0 Å². The molecule has 0 atom stereocenters. The zero-order valence-corrected chi connectivity index (χ0v) is 11.2. The van der Waals surface area contributed by atoms with E-state index in [1.54, 1.807) is 30.3 Å². The van der Waals surface area contributed by atoms with Crippen molar-refractivity contribution in [2.24, 2.45) is 0 Å². The van der Waals surface area contributed by atoms with Gasteiger partial charge < -0.3 is 9.15 Å². The fourth-order valence-electron chi connectivity index (χ4n) is 2.05.